The first-order valence-electron chi connectivity index (χ1n) is 10.3. The summed E-state index contributed by atoms with van der Waals surface area (Å²) in [6.07, 6.45) is 7.47. The number of carbonyl (C=O) groups is 1. The first-order chi connectivity index (χ1) is 12.9. The van der Waals surface area contributed by atoms with Crippen LogP contribution in [0.5, 0.6) is 0 Å². The Morgan fingerprint density at radius 2 is 2.07 bits per heavy atom. The maximum Gasteiger partial charge on any atom is 0.223 e. The predicted molar refractivity (Wildman–Crippen MR) is 100 cm³/mol. The van der Waals surface area contributed by atoms with Crippen LogP contribution in [0.1, 0.15) is 51.9 Å². The van der Waals surface area contributed by atoms with Crippen molar-refractivity contribution < 1.29 is 9.18 Å². The second-order valence-corrected chi connectivity index (χ2v) is 9.27. The highest BCUT2D eigenvalue weighted by Gasteiger charge is 2.58. The maximum absolute atomic E-state index is 13.8. The lowest BCUT2D eigenvalue weighted by molar-refractivity contribution is -0.144. The maximum atomic E-state index is 13.8. The zero-order chi connectivity index (χ0) is 19.2. The number of halogens is 1. The van der Waals surface area contributed by atoms with E-state index < -0.39 is 6.17 Å². The molecule has 1 aliphatic heterocycles. The standard InChI is InChI=1S/C20H30FN5O/c1-12(26-4-2-3-16(21)10-26)18(24-11-22)25-17-14-5-13-6-15(17)9-20(7-13,8-14)19(23)27/h12-17H,2-10H2,1H3,(H2,23,27)(H,24,25)/t12?,13?,14?,15?,16-,17?,20?/m1/s1. The van der Waals surface area contributed by atoms with Gasteiger partial charge in [-0.2, -0.15) is 5.26 Å². The first kappa shape index (κ1) is 18.7. The average Bonchev–Trinajstić information content (AvgIpc) is 2.62. The quantitative estimate of drug-likeness (QED) is 0.340. The molecule has 3 unspecified atom stereocenters. The number of piperidine rings is 1. The monoisotopic (exact) mass is 375 g/mol. The van der Waals surface area contributed by atoms with Gasteiger partial charge in [-0.1, -0.05) is 0 Å². The van der Waals surface area contributed by atoms with Crippen LogP contribution in [0.2, 0.25) is 0 Å². The molecule has 1 amide bonds. The number of nitrogens with one attached hydrogen (secondary N) is 1. The minimum Gasteiger partial charge on any atom is -0.369 e. The van der Waals surface area contributed by atoms with Crippen LogP contribution in [0.25, 0.3) is 0 Å². The van der Waals surface area contributed by atoms with Crippen LogP contribution in [0.3, 0.4) is 0 Å². The molecule has 5 aliphatic rings. The number of aliphatic imine (C=N–C) groups is 1. The van der Waals surface area contributed by atoms with Gasteiger partial charge in [0.15, 0.2) is 6.19 Å². The zero-order valence-electron chi connectivity index (χ0n) is 16.0. The molecular formula is C20H30FN5O. The molecule has 0 aromatic carbocycles. The van der Waals surface area contributed by atoms with Gasteiger partial charge in [-0.3, -0.25) is 20.0 Å². The van der Waals surface area contributed by atoms with E-state index in [0.717, 1.165) is 45.1 Å². The molecule has 4 bridgehead atoms. The molecule has 4 aliphatic carbocycles. The van der Waals surface area contributed by atoms with E-state index in [1.165, 1.54) is 0 Å². The average molecular weight is 375 g/mol. The van der Waals surface area contributed by atoms with E-state index in [9.17, 15) is 14.4 Å². The molecule has 0 spiro atoms. The van der Waals surface area contributed by atoms with Gasteiger partial charge < -0.3 is 5.73 Å². The minimum atomic E-state index is -0.805. The number of nitrogens with two attached hydrogens (primary N) is 1. The van der Waals surface area contributed by atoms with Gasteiger partial charge in [-0.15, -0.1) is 0 Å². The fourth-order valence-corrected chi connectivity index (χ4v) is 6.45. The van der Waals surface area contributed by atoms with Crippen molar-refractivity contribution >= 4 is 11.7 Å². The molecule has 4 atom stereocenters. The third-order valence-electron chi connectivity index (χ3n) is 7.56. The largest absolute Gasteiger partial charge is 0.369 e. The van der Waals surface area contributed by atoms with Crippen molar-refractivity contribution in [1.82, 2.24) is 10.2 Å². The highest BCUT2D eigenvalue weighted by molar-refractivity contribution is 5.88. The van der Waals surface area contributed by atoms with E-state index in [4.69, 9.17) is 10.7 Å². The summed E-state index contributed by atoms with van der Waals surface area (Å²) >= 11 is 0. The molecule has 4 saturated carbocycles. The molecule has 5 fully saturated rings. The van der Waals surface area contributed by atoms with Crippen LogP contribution >= 0.6 is 0 Å². The SMILES string of the molecule is CC(C(=NC1C2CC3CC1CC(C(N)=O)(C3)C2)NC#N)N1CCC[C@@H](F)C1. The lowest BCUT2D eigenvalue weighted by atomic mass is 9.48. The number of hydrogen-bond acceptors (Lipinski definition) is 4. The summed E-state index contributed by atoms with van der Waals surface area (Å²) in [5.41, 5.74) is 5.44. The van der Waals surface area contributed by atoms with Crippen LogP contribution in [0.4, 0.5) is 4.39 Å². The Morgan fingerprint density at radius 3 is 2.67 bits per heavy atom. The van der Waals surface area contributed by atoms with Crippen molar-refractivity contribution in [2.75, 3.05) is 13.1 Å². The molecule has 0 aromatic heterocycles. The number of amides is 1. The number of rotatable bonds is 4. The number of primary amides is 1. The normalized spacial score (nSPS) is 42.6. The van der Waals surface area contributed by atoms with Gasteiger partial charge in [0.1, 0.15) is 12.0 Å². The van der Waals surface area contributed by atoms with Crippen LogP contribution in [-0.2, 0) is 4.79 Å². The molecule has 1 saturated heterocycles. The van der Waals surface area contributed by atoms with E-state index in [1.54, 1.807) is 0 Å². The van der Waals surface area contributed by atoms with Gasteiger partial charge in [-0.05, 0) is 76.2 Å². The topological polar surface area (TPSA) is 94.5 Å². The molecule has 7 heteroatoms. The van der Waals surface area contributed by atoms with Crippen molar-refractivity contribution in [3.05, 3.63) is 0 Å². The molecule has 1 heterocycles. The second kappa shape index (κ2) is 7.05. The van der Waals surface area contributed by atoms with E-state index in [0.29, 0.717) is 36.6 Å². The summed E-state index contributed by atoms with van der Waals surface area (Å²) in [4.78, 5) is 19.2. The lowest BCUT2D eigenvalue weighted by Crippen LogP contribution is -2.58. The molecule has 148 valence electrons. The first-order valence-corrected chi connectivity index (χ1v) is 10.3. The van der Waals surface area contributed by atoms with Crippen LogP contribution in [-0.4, -0.2) is 48.0 Å². The Balaban J connectivity index is 1.55. The van der Waals surface area contributed by atoms with E-state index in [1.807, 2.05) is 13.1 Å². The summed E-state index contributed by atoms with van der Waals surface area (Å²) in [6, 6.07) is 0.0313. The van der Waals surface area contributed by atoms with Gasteiger partial charge in [-0.25, -0.2) is 4.39 Å². The Kier molecular flexibility index (Phi) is 4.87. The van der Waals surface area contributed by atoms with Crippen LogP contribution < -0.4 is 11.1 Å². The van der Waals surface area contributed by atoms with Crippen molar-refractivity contribution in [3.8, 4) is 6.19 Å². The van der Waals surface area contributed by atoms with Crippen molar-refractivity contribution in [1.29, 1.82) is 5.26 Å². The Hall–Kier alpha value is -1.68. The molecule has 27 heavy (non-hydrogen) atoms. The summed E-state index contributed by atoms with van der Waals surface area (Å²) in [6.45, 7) is 3.23. The van der Waals surface area contributed by atoms with Crippen molar-refractivity contribution in [2.45, 2.75) is 70.1 Å². The Bertz CT molecular complexity index is 658. The number of likely N-dealkylation sites (tertiary alicyclic amines) is 1. The Labute approximate surface area is 160 Å². The van der Waals surface area contributed by atoms with Gasteiger partial charge >= 0.3 is 0 Å². The van der Waals surface area contributed by atoms with E-state index >= 15 is 0 Å². The third kappa shape index (κ3) is 3.33. The van der Waals surface area contributed by atoms with Gasteiger partial charge in [0.25, 0.3) is 0 Å². The second-order valence-electron chi connectivity index (χ2n) is 9.27. The fourth-order valence-electron chi connectivity index (χ4n) is 6.45. The number of nitriles is 1. The summed E-state index contributed by atoms with van der Waals surface area (Å²) < 4.78 is 13.8. The summed E-state index contributed by atoms with van der Waals surface area (Å²) in [7, 11) is 0. The Morgan fingerprint density at radius 1 is 1.37 bits per heavy atom. The predicted octanol–water partition coefficient (Wildman–Crippen LogP) is 1.96. The molecule has 6 nitrogen and oxygen atoms in total. The highest BCUT2D eigenvalue weighted by atomic mass is 19.1. The molecule has 0 aromatic rings. The van der Waals surface area contributed by atoms with Gasteiger partial charge in [0, 0.05) is 12.0 Å². The zero-order valence-corrected chi connectivity index (χ0v) is 16.0. The number of hydrogen-bond donors (Lipinski definition) is 2. The van der Waals surface area contributed by atoms with Crippen molar-refractivity contribution in [2.24, 2.45) is 33.9 Å². The van der Waals surface area contributed by atoms with Gasteiger partial charge in [0.05, 0.1) is 12.1 Å². The fraction of sp³-hybridized carbons (Fsp3) is 0.850. The number of nitrogens with zero attached hydrogens (tertiary/aromatic N) is 3. The molecule has 5 rings (SSSR count). The highest BCUT2D eigenvalue weighted by Crippen LogP contribution is 2.60. The van der Waals surface area contributed by atoms with Gasteiger partial charge in [0.2, 0.25) is 5.91 Å². The number of carbonyl (C=O) groups excluding carboxylic acids is 1. The third-order valence-corrected chi connectivity index (χ3v) is 7.56. The minimum absolute atomic E-state index is 0.106. The molecule has 3 N–H and O–H groups in total. The molecular weight excluding hydrogens is 345 g/mol. The van der Waals surface area contributed by atoms with Crippen LogP contribution in [0.15, 0.2) is 4.99 Å². The van der Waals surface area contributed by atoms with E-state index in [-0.39, 0.29) is 23.4 Å². The lowest BCUT2D eigenvalue weighted by Gasteiger charge is -2.57. The van der Waals surface area contributed by atoms with E-state index in [2.05, 4.69) is 10.2 Å². The van der Waals surface area contributed by atoms with Crippen LogP contribution in [0, 0.1) is 34.6 Å². The summed E-state index contributed by atoms with van der Waals surface area (Å²) in [5.74, 6) is 1.82. The summed E-state index contributed by atoms with van der Waals surface area (Å²) in [5, 5.41) is 12.0. The number of amidine groups is 1. The molecule has 0 radical (unpaired) electrons. The smallest absolute Gasteiger partial charge is 0.223 e. The van der Waals surface area contributed by atoms with Crippen molar-refractivity contribution in [3.63, 3.8) is 0 Å². The number of alkyl halides is 1.